The Bertz CT molecular complexity index is 794. The Kier molecular flexibility index (Phi) is 2.74. The average Bonchev–Trinajstić information content (AvgIpc) is 2.99. The van der Waals surface area contributed by atoms with Gasteiger partial charge < -0.3 is 9.15 Å². The predicted octanol–water partition coefficient (Wildman–Crippen LogP) is 3.51. The van der Waals surface area contributed by atoms with Crippen molar-refractivity contribution in [3.8, 4) is 28.5 Å². The second-order valence-corrected chi connectivity index (χ2v) is 5.05. The quantitative estimate of drug-likeness (QED) is 0.719. The van der Waals surface area contributed by atoms with Crippen LogP contribution in [0.25, 0.3) is 22.8 Å². The molecule has 21 heavy (non-hydrogen) atoms. The van der Waals surface area contributed by atoms with Crippen LogP contribution in [0.15, 0.2) is 47.1 Å². The number of benzene rings is 1. The number of aromatic nitrogens is 2. The molecule has 1 aromatic carbocycles. The van der Waals surface area contributed by atoms with E-state index in [1.54, 1.807) is 19.5 Å². The molecule has 2 aromatic heterocycles. The van der Waals surface area contributed by atoms with Crippen LogP contribution in [-0.4, -0.2) is 17.1 Å². The van der Waals surface area contributed by atoms with Crippen LogP contribution in [0.1, 0.15) is 11.3 Å². The molecule has 0 N–H and O–H groups in total. The topological polar surface area (TPSA) is 48.2 Å². The first-order valence-corrected chi connectivity index (χ1v) is 6.92. The van der Waals surface area contributed by atoms with E-state index < -0.39 is 0 Å². The molecule has 0 atom stereocenters. The largest absolute Gasteiger partial charge is 0.497 e. The molecule has 104 valence electrons. The molecule has 0 radical (unpaired) electrons. The summed E-state index contributed by atoms with van der Waals surface area (Å²) in [6, 6.07) is 9.90. The van der Waals surface area contributed by atoms with E-state index in [9.17, 15) is 0 Å². The van der Waals surface area contributed by atoms with Gasteiger partial charge in [-0.25, -0.2) is 4.98 Å². The molecule has 0 bridgehead atoms. The SMILES string of the molecule is COc1ccc2c(c1)CCc1nc(-c3ccncc3)oc1-2. The highest BCUT2D eigenvalue weighted by Gasteiger charge is 2.23. The normalized spacial score (nSPS) is 12.6. The summed E-state index contributed by atoms with van der Waals surface area (Å²) >= 11 is 0. The third-order valence-corrected chi connectivity index (χ3v) is 3.81. The van der Waals surface area contributed by atoms with Gasteiger partial charge in [-0.1, -0.05) is 0 Å². The van der Waals surface area contributed by atoms with Crippen LogP contribution in [0.3, 0.4) is 0 Å². The van der Waals surface area contributed by atoms with Gasteiger partial charge in [-0.15, -0.1) is 0 Å². The fourth-order valence-electron chi connectivity index (χ4n) is 2.73. The van der Waals surface area contributed by atoms with Crippen molar-refractivity contribution in [3.63, 3.8) is 0 Å². The monoisotopic (exact) mass is 278 g/mol. The molecular formula is C17H14N2O2. The van der Waals surface area contributed by atoms with Gasteiger partial charge in [-0.2, -0.15) is 0 Å². The van der Waals surface area contributed by atoms with Crippen molar-refractivity contribution in [2.24, 2.45) is 0 Å². The molecule has 0 aliphatic heterocycles. The summed E-state index contributed by atoms with van der Waals surface area (Å²) in [7, 11) is 1.69. The fraction of sp³-hybridized carbons (Fsp3) is 0.176. The maximum absolute atomic E-state index is 6.01. The van der Waals surface area contributed by atoms with E-state index in [1.165, 1.54) is 5.56 Å². The molecule has 0 spiro atoms. The highest BCUT2D eigenvalue weighted by molar-refractivity contribution is 5.70. The minimum Gasteiger partial charge on any atom is -0.497 e. The van der Waals surface area contributed by atoms with Crippen molar-refractivity contribution in [2.45, 2.75) is 12.8 Å². The molecule has 1 aliphatic carbocycles. The van der Waals surface area contributed by atoms with Gasteiger partial charge in [0.15, 0.2) is 5.76 Å². The minimum absolute atomic E-state index is 0.658. The number of aryl methyl sites for hydroxylation is 2. The summed E-state index contributed by atoms with van der Waals surface area (Å²) in [6.07, 6.45) is 5.35. The summed E-state index contributed by atoms with van der Waals surface area (Å²) in [5.74, 6) is 2.42. The summed E-state index contributed by atoms with van der Waals surface area (Å²) < 4.78 is 11.3. The maximum atomic E-state index is 6.01. The third kappa shape index (κ3) is 2.00. The molecule has 0 saturated carbocycles. The molecule has 4 nitrogen and oxygen atoms in total. The number of nitrogens with zero attached hydrogens (tertiary/aromatic N) is 2. The van der Waals surface area contributed by atoms with Crippen LogP contribution < -0.4 is 4.74 Å². The molecule has 0 unspecified atom stereocenters. The van der Waals surface area contributed by atoms with Crippen molar-refractivity contribution in [3.05, 3.63) is 54.0 Å². The molecule has 3 aromatic rings. The third-order valence-electron chi connectivity index (χ3n) is 3.81. The average molecular weight is 278 g/mol. The smallest absolute Gasteiger partial charge is 0.227 e. The number of methoxy groups -OCH3 is 1. The fourth-order valence-corrected chi connectivity index (χ4v) is 2.73. The number of hydrogen-bond donors (Lipinski definition) is 0. The molecular weight excluding hydrogens is 264 g/mol. The first-order valence-electron chi connectivity index (χ1n) is 6.92. The molecule has 0 saturated heterocycles. The lowest BCUT2D eigenvalue weighted by atomic mass is 9.93. The van der Waals surface area contributed by atoms with E-state index >= 15 is 0 Å². The molecule has 0 fully saturated rings. The van der Waals surface area contributed by atoms with Crippen molar-refractivity contribution < 1.29 is 9.15 Å². The van der Waals surface area contributed by atoms with Crippen LogP contribution in [-0.2, 0) is 12.8 Å². The van der Waals surface area contributed by atoms with Crippen molar-refractivity contribution in [1.29, 1.82) is 0 Å². The zero-order valence-corrected chi connectivity index (χ0v) is 11.7. The zero-order valence-electron chi connectivity index (χ0n) is 11.7. The van der Waals surface area contributed by atoms with E-state index in [2.05, 4.69) is 16.0 Å². The lowest BCUT2D eigenvalue weighted by Crippen LogP contribution is -2.03. The van der Waals surface area contributed by atoms with E-state index in [4.69, 9.17) is 9.15 Å². The Hall–Kier alpha value is -2.62. The number of hydrogen-bond acceptors (Lipinski definition) is 4. The zero-order chi connectivity index (χ0) is 14.2. The lowest BCUT2D eigenvalue weighted by molar-refractivity contribution is 0.414. The first kappa shape index (κ1) is 12.1. The van der Waals surface area contributed by atoms with Crippen molar-refractivity contribution in [1.82, 2.24) is 9.97 Å². The van der Waals surface area contributed by atoms with Gasteiger partial charge in [0.05, 0.1) is 12.8 Å². The highest BCUT2D eigenvalue weighted by atomic mass is 16.5. The minimum atomic E-state index is 0.658. The Morgan fingerprint density at radius 3 is 2.76 bits per heavy atom. The van der Waals surface area contributed by atoms with Gasteiger partial charge in [0.2, 0.25) is 5.89 Å². The Labute approximate surface area is 122 Å². The van der Waals surface area contributed by atoms with Gasteiger partial charge in [0.1, 0.15) is 5.75 Å². The van der Waals surface area contributed by atoms with E-state index in [1.807, 2.05) is 24.3 Å². The van der Waals surface area contributed by atoms with Gasteiger partial charge in [0.25, 0.3) is 0 Å². The highest BCUT2D eigenvalue weighted by Crippen LogP contribution is 2.37. The number of pyridine rings is 1. The standard InChI is InChI=1S/C17H14N2O2/c1-20-13-3-4-14-12(10-13)2-5-15-16(14)21-17(19-15)11-6-8-18-9-7-11/h3-4,6-10H,2,5H2,1H3. The van der Waals surface area contributed by atoms with E-state index in [0.29, 0.717) is 5.89 Å². The second kappa shape index (κ2) is 4.74. The van der Waals surface area contributed by atoms with Crippen LogP contribution in [0.2, 0.25) is 0 Å². The second-order valence-electron chi connectivity index (χ2n) is 5.05. The summed E-state index contributed by atoms with van der Waals surface area (Å²) in [5.41, 5.74) is 4.35. The van der Waals surface area contributed by atoms with Crippen molar-refractivity contribution in [2.75, 3.05) is 7.11 Å². The van der Waals surface area contributed by atoms with Gasteiger partial charge in [-0.05, 0) is 48.7 Å². The maximum Gasteiger partial charge on any atom is 0.227 e. The Morgan fingerprint density at radius 2 is 1.95 bits per heavy atom. The predicted molar refractivity (Wildman–Crippen MR) is 79.1 cm³/mol. The van der Waals surface area contributed by atoms with Gasteiger partial charge >= 0.3 is 0 Å². The molecule has 1 aliphatic rings. The van der Waals surface area contributed by atoms with Crippen LogP contribution >= 0.6 is 0 Å². The summed E-state index contributed by atoms with van der Waals surface area (Å²) in [6.45, 7) is 0. The van der Waals surface area contributed by atoms with Crippen LogP contribution in [0.5, 0.6) is 5.75 Å². The molecule has 2 heterocycles. The van der Waals surface area contributed by atoms with E-state index in [0.717, 1.165) is 41.2 Å². The molecule has 0 amide bonds. The Morgan fingerprint density at radius 1 is 1.10 bits per heavy atom. The number of oxazole rings is 1. The first-order chi connectivity index (χ1) is 10.3. The lowest BCUT2D eigenvalue weighted by Gasteiger charge is -2.14. The van der Waals surface area contributed by atoms with Crippen LogP contribution in [0, 0.1) is 0 Å². The Balaban J connectivity index is 1.82. The van der Waals surface area contributed by atoms with Gasteiger partial charge in [0, 0.05) is 23.5 Å². The summed E-state index contributed by atoms with van der Waals surface area (Å²) in [4.78, 5) is 8.66. The van der Waals surface area contributed by atoms with Crippen molar-refractivity contribution >= 4 is 0 Å². The number of rotatable bonds is 2. The number of fused-ring (bicyclic) bond motifs is 3. The number of ether oxygens (including phenoxy) is 1. The van der Waals surface area contributed by atoms with Crippen LogP contribution in [0.4, 0.5) is 0 Å². The van der Waals surface area contributed by atoms with Gasteiger partial charge in [-0.3, -0.25) is 4.98 Å². The van der Waals surface area contributed by atoms with E-state index in [-0.39, 0.29) is 0 Å². The molecule has 4 heteroatoms. The molecule has 4 rings (SSSR count). The summed E-state index contributed by atoms with van der Waals surface area (Å²) in [5, 5.41) is 0.